The summed E-state index contributed by atoms with van der Waals surface area (Å²) < 4.78 is 27.1. The number of hydrogen-bond donors (Lipinski definition) is 1. The summed E-state index contributed by atoms with van der Waals surface area (Å²) in [6, 6.07) is 17.0. The number of ether oxygens (including phenoxy) is 2. The van der Waals surface area contributed by atoms with Gasteiger partial charge in [0.1, 0.15) is 17.4 Å². The number of nitrogens with zero attached hydrogens (tertiary/aromatic N) is 5. The lowest BCUT2D eigenvalue weighted by molar-refractivity contribution is 0.161. The van der Waals surface area contributed by atoms with E-state index < -0.39 is 0 Å². The van der Waals surface area contributed by atoms with E-state index in [9.17, 15) is 4.39 Å². The summed E-state index contributed by atoms with van der Waals surface area (Å²) in [4.78, 5) is 16.9. The highest BCUT2D eigenvalue weighted by Crippen LogP contribution is 2.39. The minimum Gasteiger partial charge on any atom is -0.497 e. The van der Waals surface area contributed by atoms with Crippen LogP contribution in [0.5, 0.6) is 5.75 Å². The molecule has 8 nitrogen and oxygen atoms in total. The maximum absolute atomic E-state index is 13.8. The van der Waals surface area contributed by atoms with E-state index in [1.807, 2.05) is 18.2 Å². The zero-order valence-electron chi connectivity index (χ0n) is 24.1. The summed E-state index contributed by atoms with van der Waals surface area (Å²) in [7, 11) is 3.45. The third-order valence-electron chi connectivity index (χ3n) is 7.43. The lowest BCUT2D eigenvalue weighted by Crippen LogP contribution is -2.31. The molecule has 1 unspecified atom stereocenters. The van der Waals surface area contributed by atoms with E-state index in [1.54, 1.807) is 32.5 Å². The quantitative estimate of drug-likeness (QED) is 0.190. The van der Waals surface area contributed by atoms with E-state index >= 15 is 0 Å². The fourth-order valence-electron chi connectivity index (χ4n) is 5.51. The molecule has 2 aromatic heterocycles. The van der Waals surface area contributed by atoms with Gasteiger partial charge in [0.25, 0.3) is 0 Å². The van der Waals surface area contributed by atoms with Crippen LogP contribution in [-0.2, 0) is 17.7 Å². The van der Waals surface area contributed by atoms with Crippen LogP contribution in [0, 0.1) is 5.82 Å². The molecular formula is C32H39FN6O2. The monoisotopic (exact) mass is 558 g/mol. The first-order valence-electron chi connectivity index (χ1n) is 14.4. The summed E-state index contributed by atoms with van der Waals surface area (Å²) in [5.74, 6) is 2.22. The lowest BCUT2D eigenvalue weighted by Gasteiger charge is -2.27. The molecule has 0 radical (unpaired) electrons. The van der Waals surface area contributed by atoms with Gasteiger partial charge in [0.15, 0.2) is 0 Å². The molecule has 4 aromatic rings. The van der Waals surface area contributed by atoms with E-state index in [-0.39, 0.29) is 11.9 Å². The van der Waals surface area contributed by atoms with Crippen LogP contribution in [0.15, 0.2) is 60.8 Å². The van der Waals surface area contributed by atoms with Gasteiger partial charge in [-0.1, -0.05) is 19.1 Å². The fourth-order valence-corrected chi connectivity index (χ4v) is 5.51. The molecule has 3 heterocycles. The van der Waals surface area contributed by atoms with Gasteiger partial charge in [-0.25, -0.2) is 19.3 Å². The van der Waals surface area contributed by atoms with Gasteiger partial charge in [-0.15, -0.1) is 0 Å². The molecule has 1 aliphatic rings. The lowest BCUT2D eigenvalue weighted by atomic mass is 10.1. The highest BCUT2D eigenvalue weighted by Gasteiger charge is 2.32. The van der Waals surface area contributed by atoms with Crippen molar-refractivity contribution in [2.45, 2.75) is 45.2 Å². The summed E-state index contributed by atoms with van der Waals surface area (Å²) >= 11 is 0. The van der Waals surface area contributed by atoms with Crippen LogP contribution in [0.4, 0.5) is 10.3 Å². The van der Waals surface area contributed by atoms with Crippen LogP contribution < -0.4 is 10.1 Å². The number of nitrogens with one attached hydrogen (secondary N) is 1. The average molecular weight is 559 g/mol. The third-order valence-corrected chi connectivity index (χ3v) is 7.43. The van der Waals surface area contributed by atoms with Gasteiger partial charge in [0.2, 0.25) is 5.95 Å². The second-order valence-corrected chi connectivity index (χ2v) is 10.4. The Morgan fingerprint density at radius 1 is 1.10 bits per heavy atom. The Bertz CT molecular complexity index is 1420. The molecule has 216 valence electrons. The second-order valence-electron chi connectivity index (χ2n) is 10.4. The number of fused-ring (bicyclic) bond motifs is 1. The number of methoxy groups -OCH3 is 2. The van der Waals surface area contributed by atoms with Gasteiger partial charge in [-0.2, -0.15) is 0 Å². The molecule has 5 rings (SSSR count). The van der Waals surface area contributed by atoms with Gasteiger partial charge in [-0.3, -0.25) is 4.90 Å². The summed E-state index contributed by atoms with van der Waals surface area (Å²) in [6.07, 6.45) is 5.57. The molecule has 41 heavy (non-hydrogen) atoms. The zero-order valence-corrected chi connectivity index (χ0v) is 24.1. The van der Waals surface area contributed by atoms with Crippen molar-refractivity contribution in [2.75, 3.05) is 45.8 Å². The smallest absolute Gasteiger partial charge is 0.223 e. The topological polar surface area (TPSA) is 77.3 Å². The van der Waals surface area contributed by atoms with Crippen molar-refractivity contribution in [1.82, 2.24) is 24.4 Å². The highest BCUT2D eigenvalue weighted by molar-refractivity contribution is 5.78. The summed E-state index contributed by atoms with van der Waals surface area (Å²) in [5, 5.41) is 3.31. The normalized spacial score (nSPS) is 14.4. The standard InChI is InChI=1S/C32H39FN6O2/c1-4-16-34-32-35-17-15-28(36-32)31-30(24-9-11-25(33)12-10-24)37-29-14-13-26(39(29)31)22-38(18-6-19-40-2)21-23-7-5-8-27(20-23)41-3/h5,7-12,15,17,20,26H,4,6,13-14,16,18-19,21-22H2,1-3H3,(H,34,35,36). The fraction of sp³-hybridized carbons (Fsp3) is 0.406. The molecule has 0 spiro atoms. The molecule has 0 saturated heterocycles. The van der Waals surface area contributed by atoms with Crippen LogP contribution in [-0.4, -0.2) is 64.9 Å². The SMILES string of the molecule is CCCNc1nccc(-c2c(-c3ccc(F)cc3)nc3n2C(CN(CCCOC)Cc2cccc(OC)c2)CC3)n1. The van der Waals surface area contributed by atoms with Crippen LogP contribution >= 0.6 is 0 Å². The van der Waals surface area contributed by atoms with E-state index in [0.717, 1.165) is 86.1 Å². The van der Waals surface area contributed by atoms with Crippen LogP contribution in [0.2, 0.25) is 0 Å². The molecule has 1 atom stereocenters. The number of aromatic nitrogens is 4. The number of halogens is 1. The van der Waals surface area contributed by atoms with Crippen LogP contribution in [0.3, 0.4) is 0 Å². The van der Waals surface area contributed by atoms with Crippen molar-refractivity contribution in [3.05, 3.63) is 78.0 Å². The molecule has 0 amide bonds. The Kier molecular flexibility index (Phi) is 9.59. The second kappa shape index (κ2) is 13.7. The predicted octanol–water partition coefficient (Wildman–Crippen LogP) is 6.00. The van der Waals surface area contributed by atoms with Gasteiger partial charge in [0, 0.05) is 64.1 Å². The number of anilines is 1. The number of benzene rings is 2. The number of aryl methyl sites for hydroxylation is 1. The molecule has 0 bridgehead atoms. The highest BCUT2D eigenvalue weighted by atomic mass is 19.1. The largest absolute Gasteiger partial charge is 0.497 e. The summed E-state index contributed by atoms with van der Waals surface area (Å²) in [6.45, 7) is 6.19. The van der Waals surface area contributed by atoms with Gasteiger partial charge in [0.05, 0.1) is 24.2 Å². The van der Waals surface area contributed by atoms with Crippen molar-refractivity contribution in [3.8, 4) is 28.4 Å². The van der Waals surface area contributed by atoms with Crippen molar-refractivity contribution in [1.29, 1.82) is 0 Å². The van der Waals surface area contributed by atoms with Crippen molar-refractivity contribution in [2.24, 2.45) is 0 Å². The van der Waals surface area contributed by atoms with Crippen molar-refractivity contribution in [3.63, 3.8) is 0 Å². The maximum Gasteiger partial charge on any atom is 0.223 e. The Morgan fingerprint density at radius 3 is 2.73 bits per heavy atom. The minimum absolute atomic E-state index is 0.205. The van der Waals surface area contributed by atoms with Crippen molar-refractivity contribution >= 4 is 5.95 Å². The molecule has 0 saturated carbocycles. The molecule has 0 aliphatic carbocycles. The summed E-state index contributed by atoms with van der Waals surface area (Å²) in [5.41, 5.74) is 4.66. The predicted molar refractivity (Wildman–Crippen MR) is 160 cm³/mol. The van der Waals surface area contributed by atoms with Crippen LogP contribution in [0.1, 0.15) is 43.6 Å². The van der Waals surface area contributed by atoms with Crippen LogP contribution in [0.25, 0.3) is 22.6 Å². The van der Waals surface area contributed by atoms with E-state index in [0.29, 0.717) is 12.6 Å². The first-order valence-corrected chi connectivity index (χ1v) is 14.4. The van der Waals surface area contributed by atoms with Crippen molar-refractivity contribution < 1.29 is 13.9 Å². The first-order chi connectivity index (χ1) is 20.1. The van der Waals surface area contributed by atoms with E-state index in [2.05, 4.69) is 38.8 Å². The maximum atomic E-state index is 13.8. The average Bonchev–Trinajstić information content (AvgIpc) is 3.56. The van der Waals surface area contributed by atoms with Gasteiger partial charge in [-0.05, 0) is 67.3 Å². The Balaban J connectivity index is 1.51. The molecule has 1 aliphatic heterocycles. The first kappa shape index (κ1) is 28.7. The van der Waals surface area contributed by atoms with E-state index in [1.165, 1.54) is 17.7 Å². The minimum atomic E-state index is -0.266. The van der Waals surface area contributed by atoms with E-state index in [4.69, 9.17) is 19.4 Å². The Hall–Kier alpha value is -3.82. The Labute approximate surface area is 241 Å². The zero-order chi connectivity index (χ0) is 28.6. The molecule has 9 heteroatoms. The molecule has 0 fully saturated rings. The number of hydrogen-bond acceptors (Lipinski definition) is 7. The Morgan fingerprint density at radius 2 is 1.95 bits per heavy atom. The van der Waals surface area contributed by atoms with Gasteiger partial charge < -0.3 is 19.4 Å². The molecule has 1 N–H and O–H groups in total. The number of rotatable bonds is 14. The number of imidazole rings is 1. The molecular weight excluding hydrogens is 519 g/mol. The van der Waals surface area contributed by atoms with Gasteiger partial charge >= 0.3 is 0 Å². The third kappa shape index (κ3) is 6.92. The molecule has 2 aromatic carbocycles.